The van der Waals surface area contributed by atoms with Crippen LogP contribution in [0.4, 0.5) is 0 Å². The van der Waals surface area contributed by atoms with Gasteiger partial charge in [0.15, 0.2) is 0 Å². The van der Waals surface area contributed by atoms with Crippen LogP contribution in [0.2, 0.25) is 0 Å². The second-order valence-electron chi connectivity index (χ2n) is 11.7. The molecule has 0 aliphatic rings. The highest BCUT2D eigenvalue weighted by atomic mass is 14.8. The number of hydrogen-bond donors (Lipinski definition) is 0. The molecule has 0 heterocycles. The molecule has 8 aromatic carbocycles. The van der Waals surface area contributed by atoms with E-state index in [0.717, 1.165) is 28.0 Å². The van der Waals surface area contributed by atoms with Crippen LogP contribution in [0.15, 0.2) is 182 Å². The van der Waals surface area contributed by atoms with Crippen LogP contribution in [0.3, 0.4) is 0 Å². The molecule has 8 rings (SSSR count). The second-order valence-corrected chi connectivity index (χ2v) is 11.7. The number of rotatable bonds is 6. The van der Waals surface area contributed by atoms with Gasteiger partial charge in [0.25, 0.3) is 0 Å². The third-order valence-electron chi connectivity index (χ3n) is 8.97. The SMILES string of the molecule is C=CC(=NC(=C)c1ccccc1)c1cccc(-c2cccc(-c3ccc4c(ccc5c6ccccc6c6ccccc6c45)c3)c2)c1. The van der Waals surface area contributed by atoms with E-state index in [1.807, 2.05) is 30.3 Å². The zero-order valence-corrected chi connectivity index (χ0v) is 25.4. The van der Waals surface area contributed by atoms with E-state index in [4.69, 9.17) is 4.99 Å². The first-order chi connectivity index (χ1) is 22.7. The van der Waals surface area contributed by atoms with E-state index in [1.165, 1.54) is 54.2 Å². The van der Waals surface area contributed by atoms with Gasteiger partial charge in [0, 0.05) is 5.56 Å². The van der Waals surface area contributed by atoms with Gasteiger partial charge in [-0.25, -0.2) is 4.99 Å². The summed E-state index contributed by atoms with van der Waals surface area (Å²) in [7, 11) is 0. The summed E-state index contributed by atoms with van der Waals surface area (Å²) in [5, 5.41) is 10.3. The van der Waals surface area contributed by atoms with Gasteiger partial charge in [-0.15, -0.1) is 0 Å². The van der Waals surface area contributed by atoms with Gasteiger partial charge in [-0.2, -0.15) is 0 Å². The maximum atomic E-state index is 4.83. The van der Waals surface area contributed by atoms with E-state index in [0.29, 0.717) is 5.70 Å². The van der Waals surface area contributed by atoms with Gasteiger partial charge in [-0.3, -0.25) is 0 Å². The summed E-state index contributed by atoms with van der Waals surface area (Å²) in [6.45, 7) is 8.24. The Labute approximate surface area is 269 Å². The van der Waals surface area contributed by atoms with E-state index in [1.54, 1.807) is 6.08 Å². The molecule has 0 saturated carbocycles. The van der Waals surface area contributed by atoms with E-state index < -0.39 is 0 Å². The van der Waals surface area contributed by atoms with Crippen molar-refractivity contribution in [2.75, 3.05) is 0 Å². The molecular weight excluding hydrogens is 555 g/mol. The summed E-state index contributed by atoms with van der Waals surface area (Å²) >= 11 is 0. The highest BCUT2D eigenvalue weighted by Crippen LogP contribution is 2.40. The van der Waals surface area contributed by atoms with Crippen LogP contribution in [-0.2, 0) is 0 Å². The molecule has 0 N–H and O–H groups in total. The van der Waals surface area contributed by atoms with Crippen LogP contribution in [0.25, 0.3) is 71.0 Å². The van der Waals surface area contributed by atoms with Crippen molar-refractivity contribution < 1.29 is 0 Å². The van der Waals surface area contributed by atoms with E-state index in [-0.39, 0.29) is 0 Å². The number of benzene rings is 8. The fourth-order valence-electron chi connectivity index (χ4n) is 6.72. The summed E-state index contributed by atoms with van der Waals surface area (Å²) < 4.78 is 0. The Morgan fingerprint density at radius 3 is 1.65 bits per heavy atom. The largest absolute Gasteiger partial charge is 0.248 e. The third kappa shape index (κ3) is 4.80. The van der Waals surface area contributed by atoms with Crippen molar-refractivity contribution >= 4 is 54.5 Å². The molecule has 0 spiro atoms. The fourth-order valence-corrected chi connectivity index (χ4v) is 6.72. The van der Waals surface area contributed by atoms with Crippen LogP contribution in [0.5, 0.6) is 0 Å². The molecule has 1 nitrogen and oxygen atoms in total. The van der Waals surface area contributed by atoms with Crippen LogP contribution in [0, 0.1) is 0 Å². The average molecular weight is 586 g/mol. The van der Waals surface area contributed by atoms with E-state index in [2.05, 4.69) is 141 Å². The zero-order valence-electron chi connectivity index (χ0n) is 25.4. The van der Waals surface area contributed by atoms with Gasteiger partial charge in [0.05, 0.1) is 11.4 Å². The summed E-state index contributed by atoms with van der Waals surface area (Å²) in [4.78, 5) is 4.83. The second kappa shape index (κ2) is 11.5. The van der Waals surface area contributed by atoms with Gasteiger partial charge < -0.3 is 0 Å². The van der Waals surface area contributed by atoms with Crippen molar-refractivity contribution in [1.82, 2.24) is 0 Å². The van der Waals surface area contributed by atoms with Crippen LogP contribution in [-0.4, -0.2) is 5.71 Å². The lowest BCUT2D eigenvalue weighted by Crippen LogP contribution is -1.97. The van der Waals surface area contributed by atoms with Gasteiger partial charge >= 0.3 is 0 Å². The standard InChI is InChI=1S/C45H31N/c1-3-44(46-30(2)31-13-5-4-6-14-31)37-18-12-17-34(29-37)32-15-11-16-33(27-32)35-23-25-38-36(28-35)24-26-43-41-21-8-7-19-39(41)40-20-9-10-22-42(40)45(38)43/h3-29H,1-2H2. The summed E-state index contributed by atoms with van der Waals surface area (Å²) in [6.07, 6.45) is 1.80. The lowest BCUT2D eigenvalue weighted by Gasteiger charge is -2.14. The molecule has 8 aromatic rings. The maximum Gasteiger partial charge on any atom is 0.0703 e. The van der Waals surface area contributed by atoms with Gasteiger partial charge in [0.2, 0.25) is 0 Å². The van der Waals surface area contributed by atoms with Crippen molar-refractivity contribution in [3.05, 3.63) is 188 Å². The molecule has 0 bridgehead atoms. The Hall–Kier alpha value is -6.05. The van der Waals surface area contributed by atoms with Gasteiger partial charge in [-0.1, -0.05) is 153 Å². The average Bonchev–Trinajstić information content (AvgIpc) is 3.13. The van der Waals surface area contributed by atoms with Gasteiger partial charge in [0.1, 0.15) is 0 Å². The molecular formula is C45H31N. The molecule has 0 amide bonds. The Bertz CT molecular complexity index is 2460. The minimum absolute atomic E-state index is 0.716. The van der Waals surface area contributed by atoms with E-state index >= 15 is 0 Å². The number of allylic oxidation sites excluding steroid dienone is 1. The molecule has 0 fully saturated rings. The van der Waals surface area contributed by atoms with Crippen molar-refractivity contribution in [1.29, 1.82) is 0 Å². The minimum atomic E-state index is 0.716. The predicted octanol–water partition coefficient (Wildman–Crippen LogP) is 12.3. The zero-order chi connectivity index (χ0) is 31.0. The highest BCUT2D eigenvalue weighted by molar-refractivity contribution is 6.31. The first kappa shape index (κ1) is 27.5. The Kier molecular flexibility index (Phi) is 6.85. The molecule has 0 radical (unpaired) electrons. The number of hydrogen-bond acceptors (Lipinski definition) is 1. The van der Waals surface area contributed by atoms with Crippen LogP contribution >= 0.6 is 0 Å². The molecule has 216 valence electrons. The van der Waals surface area contributed by atoms with E-state index in [9.17, 15) is 0 Å². The molecule has 0 atom stereocenters. The minimum Gasteiger partial charge on any atom is -0.248 e. The summed E-state index contributed by atoms with van der Waals surface area (Å²) in [5.41, 5.74) is 8.18. The lowest BCUT2D eigenvalue weighted by molar-refractivity contribution is 1.50. The molecule has 0 unspecified atom stereocenters. The smallest absolute Gasteiger partial charge is 0.0703 e. The Morgan fingerprint density at radius 1 is 0.435 bits per heavy atom. The Morgan fingerprint density at radius 2 is 0.957 bits per heavy atom. The maximum absolute atomic E-state index is 4.83. The van der Waals surface area contributed by atoms with Gasteiger partial charge in [-0.05, 0) is 95.2 Å². The predicted molar refractivity (Wildman–Crippen MR) is 200 cm³/mol. The van der Waals surface area contributed by atoms with Crippen LogP contribution in [0.1, 0.15) is 11.1 Å². The molecule has 0 aliphatic carbocycles. The van der Waals surface area contributed by atoms with Crippen molar-refractivity contribution in [3.8, 4) is 22.3 Å². The molecule has 0 aromatic heterocycles. The molecule has 0 aliphatic heterocycles. The lowest BCUT2D eigenvalue weighted by atomic mass is 9.90. The highest BCUT2D eigenvalue weighted by Gasteiger charge is 2.12. The normalized spacial score (nSPS) is 11.8. The topological polar surface area (TPSA) is 12.4 Å². The third-order valence-corrected chi connectivity index (χ3v) is 8.97. The molecule has 1 heteroatoms. The molecule has 0 saturated heterocycles. The van der Waals surface area contributed by atoms with Crippen molar-refractivity contribution in [2.45, 2.75) is 0 Å². The first-order valence-electron chi connectivity index (χ1n) is 15.6. The quantitative estimate of drug-likeness (QED) is 0.136. The van der Waals surface area contributed by atoms with Crippen molar-refractivity contribution in [2.24, 2.45) is 4.99 Å². The number of fused-ring (bicyclic) bond motifs is 8. The summed E-state index contributed by atoms with van der Waals surface area (Å²) in [5.74, 6) is 0. The fraction of sp³-hybridized carbons (Fsp3) is 0. The summed E-state index contributed by atoms with van der Waals surface area (Å²) in [6, 6.07) is 56.3. The molecule has 46 heavy (non-hydrogen) atoms. The first-order valence-corrected chi connectivity index (χ1v) is 15.6. The Balaban J connectivity index is 1.19. The number of aliphatic imine (C=N–C) groups is 1. The van der Waals surface area contributed by atoms with Crippen molar-refractivity contribution in [3.63, 3.8) is 0 Å². The monoisotopic (exact) mass is 585 g/mol. The van der Waals surface area contributed by atoms with Crippen LogP contribution < -0.4 is 0 Å². The number of nitrogens with zero attached hydrogens (tertiary/aromatic N) is 1.